The molecular formula is C17H21N3O4S. The molecule has 8 heteroatoms. The number of aromatic nitrogens is 2. The number of carboxylic acids is 1. The number of fused-ring (bicyclic) bond motifs is 2. The molecule has 1 unspecified atom stereocenters. The Labute approximate surface area is 148 Å². The molecule has 0 spiro atoms. The first-order chi connectivity index (χ1) is 11.9. The molecule has 2 aromatic rings. The van der Waals surface area contributed by atoms with Crippen molar-refractivity contribution in [3.8, 4) is 0 Å². The summed E-state index contributed by atoms with van der Waals surface area (Å²) >= 11 is 1.20. The topological polar surface area (TPSA) is 101 Å². The Morgan fingerprint density at radius 1 is 1.36 bits per heavy atom. The van der Waals surface area contributed by atoms with E-state index < -0.39 is 11.9 Å². The Morgan fingerprint density at radius 2 is 2.12 bits per heavy atom. The van der Waals surface area contributed by atoms with Crippen LogP contribution in [-0.4, -0.2) is 33.1 Å². The van der Waals surface area contributed by atoms with Crippen molar-refractivity contribution in [2.45, 2.75) is 46.1 Å². The highest BCUT2D eigenvalue weighted by atomic mass is 32.1. The standard InChI is InChI=1S/C17H21N3O4S/c1-9(17(23)24)8-18-14(21)13-10(2)12-15(25-13)19-11-6-4-3-5-7-20(11)16(12)22/h9H,3-8H2,1-2H3,(H,18,21)(H,23,24). The van der Waals surface area contributed by atoms with E-state index in [4.69, 9.17) is 5.11 Å². The lowest BCUT2D eigenvalue weighted by Crippen LogP contribution is -2.31. The lowest BCUT2D eigenvalue weighted by Gasteiger charge is -2.08. The summed E-state index contributed by atoms with van der Waals surface area (Å²) in [5.41, 5.74) is 0.547. The van der Waals surface area contributed by atoms with Crippen LogP contribution >= 0.6 is 11.3 Å². The molecule has 0 radical (unpaired) electrons. The number of aryl methyl sites for hydroxylation is 2. The lowest BCUT2D eigenvalue weighted by molar-refractivity contribution is -0.140. The minimum atomic E-state index is -0.961. The van der Waals surface area contributed by atoms with Gasteiger partial charge in [0.25, 0.3) is 11.5 Å². The Morgan fingerprint density at radius 3 is 2.84 bits per heavy atom. The fourth-order valence-corrected chi connectivity index (χ4v) is 4.15. The van der Waals surface area contributed by atoms with Crippen molar-refractivity contribution in [2.24, 2.45) is 5.92 Å². The summed E-state index contributed by atoms with van der Waals surface area (Å²) in [6.45, 7) is 4.00. The van der Waals surface area contributed by atoms with Crippen molar-refractivity contribution >= 4 is 33.4 Å². The number of nitrogens with one attached hydrogen (secondary N) is 1. The summed E-state index contributed by atoms with van der Waals surface area (Å²) in [5, 5.41) is 12.1. The van der Waals surface area contributed by atoms with Gasteiger partial charge in [0.15, 0.2) is 0 Å². The van der Waals surface area contributed by atoms with Crippen LogP contribution in [-0.2, 0) is 17.8 Å². The van der Waals surface area contributed by atoms with Crippen LogP contribution in [0.4, 0.5) is 0 Å². The number of thiophene rings is 1. The first-order valence-electron chi connectivity index (χ1n) is 8.44. The molecule has 7 nitrogen and oxygen atoms in total. The van der Waals surface area contributed by atoms with E-state index in [0.29, 0.717) is 27.2 Å². The summed E-state index contributed by atoms with van der Waals surface area (Å²) in [5.74, 6) is -1.19. The number of carboxylic acid groups (broad SMARTS) is 1. The molecule has 0 fully saturated rings. The second-order valence-electron chi connectivity index (χ2n) is 6.48. The first kappa shape index (κ1) is 17.6. The van der Waals surface area contributed by atoms with Crippen LogP contribution in [0.1, 0.15) is 47.2 Å². The average Bonchev–Trinajstić information content (AvgIpc) is 2.75. The third-order valence-electron chi connectivity index (χ3n) is 4.61. The monoisotopic (exact) mass is 363 g/mol. The largest absolute Gasteiger partial charge is 0.481 e. The molecule has 0 saturated carbocycles. The Balaban J connectivity index is 1.97. The van der Waals surface area contributed by atoms with E-state index in [-0.39, 0.29) is 18.0 Å². The van der Waals surface area contributed by atoms with Gasteiger partial charge in [0.2, 0.25) is 0 Å². The van der Waals surface area contributed by atoms with Crippen LogP contribution < -0.4 is 10.9 Å². The van der Waals surface area contributed by atoms with Gasteiger partial charge in [-0.25, -0.2) is 4.98 Å². The van der Waals surface area contributed by atoms with Crippen LogP contribution in [0.2, 0.25) is 0 Å². The number of nitrogens with zero attached hydrogens (tertiary/aromatic N) is 2. The van der Waals surface area contributed by atoms with E-state index in [2.05, 4.69) is 10.3 Å². The molecule has 1 amide bonds. The van der Waals surface area contributed by atoms with E-state index in [0.717, 1.165) is 31.5 Å². The van der Waals surface area contributed by atoms with Crippen molar-refractivity contribution in [2.75, 3.05) is 6.54 Å². The maximum atomic E-state index is 12.9. The molecule has 2 N–H and O–H groups in total. The van der Waals surface area contributed by atoms with E-state index >= 15 is 0 Å². The van der Waals surface area contributed by atoms with Crippen LogP contribution in [0, 0.1) is 12.8 Å². The number of rotatable bonds is 4. The lowest BCUT2D eigenvalue weighted by atomic mass is 10.1. The Bertz CT molecular complexity index is 899. The van der Waals surface area contributed by atoms with E-state index in [1.54, 1.807) is 11.5 Å². The maximum Gasteiger partial charge on any atom is 0.308 e. The summed E-state index contributed by atoms with van der Waals surface area (Å²) in [6.07, 6.45) is 3.84. The van der Waals surface area contributed by atoms with Crippen molar-refractivity contribution < 1.29 is 14.7 Å². The average molecular weight is 363 g/mol. The zero-order chi connectivity index (χ0) is 18.1. The molecular weight excluding hydrogens is 342 g/mol. The van der Waals surface area contributed by atoms with Crippen molar-refractivity contribution in [3.63, 3.8) is 0 Å². The number of amides is 1. The minimum absolute atomic E-state index is 0.0464. The molecule has 25 heavy (non-hydrogen) atoms. The van der Waals surface area contributed by atoms with Gasteiger partial charge in [0, 0.05) is 19.5 Å². The van der Waals surface area contributed by atoms with Crippen LogP contribution in [0.15, 0.2) is 4.79 Å². The number of hydrogen-bond acceptors (Lipinski definition) is 5. The fourth-order valence-electron chi connectivity index (χ4n) is 3.04. The van der Waals surface area contributed by atoms with Gasteiger partial charge in [-0.15, -0.1) is 11.3 Å². The van der Waals surface area contributed by atoms with Gasteiger partial charge in [-0.2, -0.15) is 0 Å². The minimum Gasteiger partial charge on any atom is -0.481 e. The van der Waals surface area contributed by atoms with Gasteiger partial charge in [-0.1, -0.05) is 13.3 Å². The Kier molecular flexibility index (Phi) is 4.89. The summed E-state index contributed by atoms with van der Waals surface area (Å²) in [7, 11) is 0. The molecule has 1 aliphatic heterocycles. The van der Waals surface area contributed by atoms with Gasteiger partial charge in [-0.05, 0) is 25.3 Å². The van der Waals surface area contributed by atoms with Crippen LogP contribution in [0.3, 0.4) is 0 Å². The van der Waals surface area contributed by atoms with Crippen molar-refractivity contribution in [1.29, 1.82) is 0 Å². The maximum absolute atomic E-state index is 12.9. The molecule has 134 valence electrons. The number of aliphatic carboxylic acids is 1. The Hall–Kier alpha value is -2.22. The zero-order valence-corrected chi connectivity index (χ0v) is 15.1. The van der Waals surface area contributed by atoms with E-state index in [1.165, 1.54) is 18.3 Å². The molecule has 0 saturated heterocycles. The van der Waals surface area contributed by atoms with Gasteiger partial charge in [-0.3, -0.25) is 19.0 Å². The molecule has 2 aromatic heterocycles. The van der Waals surface area contributed by atoms with Gasteiger partial charge >= 0.3 is 5.97 Å². The second kappa shape index (κ2) is 6.95. The van der Waals surface area contributed by atoms with E-state index in [9.17, 15) is 14.4 Å². The fraction of sp³-hybridized carbons (Fsp3) is 0.529. The number of hydrogen-bond donors (Lipinski definition) is 2. The summed E-state index contributed by atoms with van der Waals surface area (Å²) in [4.78, 5) is 41.8. The number of carbonyl (C=O) groups excluding carboxylic acids is 1. The van der Waals surface area contributed by atoms with Crippen LogP contribution in [0.25, 0.3) is 10.2 Å². The highest BCUT2D eigenvalue weighted by Crippen LogP contribution is 2.28. The number of carbonyl (C=O) groups is 2. The SMILES string of the molecule is Cc1c(C(=O)NCC(C)C(=O)O)sc2nc3n(c(=O)c12)CCCCC3. The van der Waals surface area contributed by atoms with Crippen molar-refractivity contribution in [1.82, 2.24) is 14.9 Å². The quantitative estimate of drug-likeness (QED) is 0.864. The van der Waals surface area contributed by atoms with Gasteiger partial charge < -0.3 is 10.4 Å². The molecule has 1 aliphatic rings. The predicted molar refractivity (Wildman–Crippen MR) is 95.3 cm³/mol. The summed E-state index contributed by atoms with van der Waals surface area (Å²) < 4.78 is 1.74. The van der Waals surface area contributed by atoms with Gasteiger partial charge in [0.05, 0.1) is 16.2 Å². The zero-order valence-electron chi connectivity index (χ0n) is 14.3. The third-order valence-corrected chi connectivity index (χ3v) is 5.79. The summed E-state index contributed by atoms with van der Waals surface area (Å²) in [6, 6.07) is 0. The van der Waals surface area contributed by atoms with E-state index in [1.807, 2.05) is 0 Å². The predicted octanol–water partition coefficient (Wildman–Crippen LogP) is 1.94. The highest BCUT2D eigenvalue weighted by Gasteiger charge is 2.22. The van der Waals surface area contributed by atoms with Crippen LogP contribution in [0.5, 0.6) is 0 Å². The van der Waals surface area contributed by atoms with Gasteiger partial charge in [0.1, 0.15) is 10.7 Å². The first-order valence-corrected chi connectivity index (χ1v) is 9.25. The molecule has 0 aromatic carbocycles. The molecule has 1 atom stereocenters. The molecule has 3 rings (SSSR count). The van der Waals surface area contributed by atoms with Crippen molar-refractivity contribution in [3.05, 3.63) is 26.6 Å². The smallest absolute Gasteiger partial charge is 0.308 e. The highest BCUT2D eigenvalue weighted by molar-refractivity contribution is 7.20. The molecule has 3 heterocycles. The normalized spacial score (nSPS) is 15.4. The third kappa shape index (κ3) is 3.30. The second-order valence-corrected chi connectivity index (χ2v) is 7.48. The molecule has 0 aliphatic carbocycles. The molecule has 0 bridgehead atoms.